The van der Waals surface area contributed by atoms with E-state index in [9.17, 15) is 4.48 Å². The van der Waals surface area contributed by atoms with Crippen molar-refractivity contribution in [2.24, 2.45) is 0 Å². The Hall–Kier alpha value is -0.800. The molecule has 0 atom stereocenters. The van der Waals surface area contributed by atoms with Crippen LogP contribution in [0.15, 0.2) is 0 Å². The van der Waals surface area contributed by atoms with E-state index in [1.165, 1.54) is 0 Å². The maximum Gasteiger partial charge on any atom is 0.383 e. The largest absolute Gasteiger partial charge is 0.383 e. The van der Waals surface area contributed by atoms with Gasteiger partial charge < -0.3 is 0 Å². The molecular formula is C10H19FN3+. The van der Waals surface area contributed by atoms with Crippen molar-refractivity contribution in [3.05, 3.63) is 0 Å². The molecule has 0 aromatic carbocycles. The first kappa shape index (κ1) is 9.74. The molecule has 0 N–H and O–H groups in total. The standard InChI is InChI=1S/C10H19FN3/c1-2-5-12-6-3-7-13-8-4-9-14(11)10(12)13/h2-9H2,1H3/q+1. The molecule has 80 valence electrons. The lowest BCUT2D eigenvalue weighted by Crippen LogP contribution is -2.54. The van der Waals surface area contributed by atoms with Crippen LogP contribution in [0.25, 0.3) is 0 Å². The number of hydrogen-bond acceptors (Lipinski definition) is 2. The number of halogens is 1. The Morgan fingerprint density at radius 2 is 2.00 bits per heavy atom. The molecule has 0 saturated carbocycles. The summed E-state index contributed by atoms with van der Waals surface area (Å²) in [4.78, 5) is 2.18. The van der Waals surface area contributed by atoms with E-state index >= 15 is 0 Å². The molecule has 2 aliphatic heterocycles. The number of hydrogen-bond donors (Lipinski definition) is 0. The lowest BCUT2D eigenvalue weighted by Gasteiger charge is -2.31. The van der Waals surface area contributed by atoms with E-state index in [0.29, 0.717) is 6.54 Å². The minimum atomic E-state index is 0.562. The normalized spacial score (nSPS) is 22.7. The zero-order valence-electron chi connectivity index (χ0n) is 8.88. The summed E-state index contributed by atoms with van der Waals surface area (Å²) in [6.07, 6.45) is 3.20. The molecule has 0 saturated heterocycles. The predicted octanol–water partition coefficient (Wildman–Crippen LogP) is 1.06. The molecular weight excluding hydrogens is 181 g/mol. The van der Waals surface area contributed by atoms with Crippen LogP contribution in [-0.4, -0.2) is 53.3 Å². The topological polar surface area (TPSA) is 9.49 Å². The van der Waals surface area contributed by atoms with Gasteiger partial charge in [-0.25, -0.2) is 0 Å². The van der Waals surface area contributed by atoms with E-state index in [1.807, 2.05) is 0 Å². The Labute approximate surface area is 84.7 Å². The molecule has 4 heteroatoms. The quantitative estimate of drug-likeness (QED) is 0.487. The summed E-state index contributed by atoms with van der Waals surface area (Å²) in [5.41, 5.74) is 0. The third kappa shape index (κ3) is 1.70. The van der Waals surface area contributed by atoms with Gasteiger partial charge in [0.05, 0.1) is 26.2 Å². The van der Waals surface area contributed by atoms with Crippen LogP contribution in [0.3, 0.4) is 0 Å². The van der Waals surface area contributed by atoms with Crippen LogP contribution in [0.1, 0.15) is 26.2 Å². The van der Waals surface area contributed by atoms with E-state index in [4.69, 9.17) is 0 Å². The second-order valence-electron chi connectivity index (χ2n) is 4.07. The zero-order valence-corrected chi connectivity index (χ0v) is 8.88. The van der Waals surface area contributed by atoms with Crippen molar-refractivity contribution < 1.29 is 9.06 Å². The highest BCUT2D eigenvalue weighted by Crippen LogP contribution is 2.13. The Morgan fingerprint density at radius 1 is 1.29 bits per heavy atom. The second-order valence-corrected chi connectivity index (χ2v) is 4.07. The molecule has 0 spiro atoms. The van der Waals surface area contributed by atoms with Gasteiger partial charge in [0.1, 0.15) is 6.54 Å². The third-order valence-electron chi connectivity index (χ3n) is 2.91. The fourth-order valence-corrected chi connectivity index (χ4v) is 2.35. The van der Waals surface area contributed by atoms with Crippen LogP contribution in [0, 0.1) is 0 Å². The minimum Gasteiger partial charge on any atom is -0.262 e. The van der Waals surface area contributed by atoms with Crippen molar-refractivity contribution in [3.8, 4) is 0 Å². The molecule has 0 aliphatic carbocycles. The van der Waals surface area contributed by atoms with Crippen molar-refractivity contribution >= 4 is 5.96 Å². The van der Waals surface area contributed by atoms with Crippen LogP contribution in [-0.2, 0) is 0 Å². The Balaban J connectivity index is 2.18. The molecule has 2 heterocycles. The van der Waals surface area contributed by atoms with Gasteiger partial charge in [0.25, 0.3) is 0 Å². The van der Waals surface area contributed by atoms with Crippen LogP contribution >= 0.6 is 0 Å². The summed E-state index contributed by atoms with van der Waals surface area (Å²) < 4.78 is 15.8. The van der Waals surface area contributed by atoms with E-state index in [1.54, 1.807) is 0 Å². The number of rotatable bonds is 2. The average Bonchev–Trinajstić information content (AvgIpc) is 2.19. The fourth-order valence-electron chi connectivity index (χ4n) is 2.35. The van der Waals surface area contributed by atoms with E-state index in [2.05, 4.69) is 16.4 Å². The number of guanidine groups is 1. The van der Waals surface area contributed by atoms with Gasteiger partial charge >= 0.3 is 5.96 Å². The van der Waals surface area contributed by atoms with Gasteiger partial charge in [-0.05, 0) is 10.9 Å². The molecule has 0 amide bonds. The highest BCUT2D eigenvalue weighted by molar-refractivity contribution is 5.74. The van der Waals surface area contributed by atoms with Crippen molar-refractivity contribution in [3.63, 3.8) is 0 Å². The van der Waals surface area contributed by atoms with Gasteiger partial charge in [0, 0.05) is 12.8 Å². The van der Waals surface area contributed by atoms with Crippen molar-refractivity contribution in [1.82, 2.24) is 10.0 Å². The van der Waals surface area contributed by atoms with E-state index in [0.717, 1.165) is 56.5 Å². The van der Waals surface area contributed by atoms with Gasteiger partial charge in [-0.3, -0.25) is 9.48 Å². The summed E-state index contributed by atoms with van der Waals surface area (Å²) in [5.74, 6) is 0.823. The van der Waals surface area contributed by atoms with Crippen LogP contribution in [0.4, 0.5) is 4.48 Å². The molecule has 0 fully saturated rings. The highest BCUT2D eigenvalue weighted by atomic mass is 19.2. The molecule has 3 nitrogen and oxygen atoms in total. The van der Waals surface area contributed by atoms with Crippen molar-refractivity contribution in [2.75, 3.05) is 32.7 Å². The van der Waals surface area contributed by atoms with Gasteiger partial charge in [0.2, 0.25) is 0 Å². The molecule has 0 radical (unpaired) electrons. The van der Waals surface area contributed by atoms with Gasteiger partial charge in [-0.2, -0.15) is 0 Å². The molecule has 0 bridgehead atoms. The Bertz CT molecular complexity index is 236. The summed E-state index contributed by atoms with van der Waals surface area (Å²) in [7, 11) is 0. The monoisotopic (exact) mass is 200 g/mol. The highest BCUT2D eigenvalue weighted by Gasteiger charge is 2.35. The predicted molar refractivity (Wildman–Crippen MR) is 53.9 cm³/mol. The van der Waals surface area contributed by atoms with Crippen molar-refractivity contribution in [2.45, 2.75) is 26.2 Å². The maximum absolute atomic E-state index is 13.6. The molecule has 0 aromatic rings. The SMILES string of the molecule is CCCN1CCC[N+]2=C1N(F)CCC2. The fraction of sp³-hybridized carbons (Fsp3) is 0.900. The summed E-state index contributed by atoms with van der Waals surface area (Å²) >= 11 is 0. The molecule has 0 aromatic heterocycles. The van der Waals surface area contributed by atoms with Crippen LogP contribution < -0.4 is 0 Å². The van der Waals surface area contributed by atoms with Crippen LogP contribution in [0.2, 0.25) is 0 Å². The summed E-state index contributed by atoms with van der Waals surface area (Å²) in [6.45, 7) is 6.75. The second kappa shape index (κ2) is 4.15. The Morgan fingerprint density at radius 3 is 2.71 bits per heavy atom. The minimum absolute atomic E-state index is 0.562. The first-order valence-electron chi connectivity index (χ1n) is 5.63. The molecule has 0 unspecified atom stereocenters. The lowest BCUT2D eigenvalue weighted by atomic mass is 10.2. The zero-order chi connectivity index (χ0) is 9.97. The summed E-state index contributed by atoms with van der Waals surface area (Å²) in [6, 6.07) is 0. The van der Waals surface area contributed by atoms with E-state index in [-0.39, 0.29) is 0 Å². The first-order chi connectivity index (χ1) is 6.83. The first-order valence-corrected chi connectivity index (χ1v) is 5.63. The average molecular weight is 200 g/mol. The Kier molecular flexibility index (Phi) is 2.89. The summed E-state index contributed by atoms with van der Waals surface area (Å²) in [5, 5.41) is 0.929. The molecule has 2 aliphatic rings. The van der Waals surface area contributed by atoms with Crippen molar-refractivity contribution in [1.29, 1.82) is 0 Å². The van der Waals surface area contributed by atoms with Gasteiger partial charge in [-0.1, -0.05) is 12.0 Å². The third-order valence-corrected chi connectivity index (χ3v) is 2.91. The van der Waals surface area contributed by atoms with Gasteiger partial charge in [-0.15, -0.1) is 0 Å². The van der Waals surface area contributed by atoms with Gasteiger partial charge in [0.15, 0.2) is 0 Å². The maximum atomic E-state index is 13.6. The molecule has 14 heavy (non-hydrogen) atoms. The lowest BCUT2D eigenvalue weighted by molar-refractivity contribution is -0.553. The molecule has 2 rings (SSSR count). The smallest absolute Gasteiger partial charge is 0.262 e. The number of nitrogens with zero attached hydrogens (tertiary/aromatic N) is 3. The van der Waals surface area contributed by atoms with Crippen LogP contribution in [0.5, 0.6) is 0 Å². The van der Waals surface area contributed by atoms with E-state index < -0.39 is 0 Å².